The predicted molar refractivity (Wildman–Crippen MR) is 121 cm³/mol. The summed E-state index contributed by atoms with van der Waals surface area (Å²) < 4.78 is 41.5. The number of anilines is 2. The van der Waals surface area contributed by atoms with Gasteiger partial charge in [-0.3, -0.25) is 4.72 Å². The van der Waals surface area contributed by atoms with Crippen molar-refractivity contribution in [1.29, 1.82) is 0 Å². The highest BCUT2D eigenvalue weighted by Gasteiger charge is 2.39. The monoisotopic (exact) mass is 454 g/mol. The molecule has 0 spiro atoms. The number of hydrogen-bond donors (Lipinski definition) is 2. The Balaban J connectivity index is 1.50. The van der Waals surface area contributed by atoms with Crippen LogP contribution in [0.15, 0.2) is 83.8 Å². The SMILES string of the molecule is O=S(=O)(Nc1ccc(F)cc1)c1ccc2c(c1)[C@H]1C=CC[C@H]1[C@@H](c1ccccc1Cl)N2. The molecule has 0 radical (unpaired) electrons. The zero-order chi connectivity index (χ0) is 21.6. The van der Waals surface area contributed by atoms with Crippen molar-refractivity contribution in [3.8, 4) is 0 Å². The first-order chi connectivity index (χ1) is 14.9. The van der Waals surface area contributed by atoms with E-state index in [1.165, 1.54) is 24.3 Å². The molecular formula is C24H20ClFN2O2S. The van der Waals surface area contributed by atoms with Gasteiger partial charge in [-0.25, -0.2) is 12.8 Å². The number of rotatable bonds is 4. The molecule has 0 saturated heterocycles. The highest BCUT2D eigenvalue weighted by molar-refractivity contribution is 7.92. The third-order valence-corrected chi connectivity index (χ3v) is 7.70. The highest BCUT2D eigenvalue weighted by Crippen LogP contribution is 2.51. The average molecular weight is 455 g/mol. The van der Waals surface area contributed by atoms with E-state index in [4.69, 9.17) is 11.6 Å². The van der Waals surface area contributed by atoms with E-state index in [-0.39, 0.29) is 22.8 Å². The molecule has 1 aliphatic heterocycles. The van der Waals surface area contributed by atoms with Crippen molar-refractivity contribution >= 4 is 33.0 Å². The zero-order valence-corrected chi connectivity index (χ0v) is 18.0. The second-order valence-corrected chi connectivity index (χ2v) is 9.95. The van der Waals surface area contributed by atoms with Crippen molar-refractivity contribution in [3.05, 3.63) is 101 Å². The van der Waals surface area contributed by atoms with Crippen LogP contribution < -0.4 is 10.0 Å². The van der Waals surface area contributed by atoms with Gasteiger partial charge in [0.25, 0.3) is 10.0 Å². The molecule has 3 aromatic rings. The number of benzene rings is 3. The van der Waals surface area contributed by atoms with E-state index in [0.717, 1.165) is 28.3 Å². The molecular weight excluding hydrogens is 435 g/mol. The lowest BCUT2D eigenvalue weighted by molar-refractivity contribution is 0.425. The fourth-order valence-electron chi connectivity index (χ4n) is 4.51. The van der Waals surface area contributed by atoms with Crippen LogP contribution in [0.5, 0.6) is 0 Å². The van der Waals surface area contributed by atoms with Gasteiger partial charge in [0.15, 0.2) is 0 Å². The standard InChI is InChI=1S/C24H20ClFN2O2S/c25-22-7-2-1-4-20(22)24-19-6-3-5-18(19)21-14-17(12-13-23(21)27-24)31(29,30)28-16-10-8-15(26)9-11-16/h1-5,7-14,18-19,24,27-28H,6H2/t18-,19+,24-/m0/s1. The van der Waals surface area contributed by atoms with E-state index in [2.05, 4.69) is 22.2 Å². The van der Waals surface area contributed by atoms with E-state index < -0.39 is 15.8 Å². The number of sulfonamides is 1. The minimum absolute atomic E-state index is 0.0426. The Hall–Kier alpha value is -2.83. The minimum atomic E-state index is -3.81. The van der Waals surface area contributed by atoms with E-state index in [1.54, 1.807) is 18.2 Å². The summed E-state index contributed by atoms with van der Waals surface area (Å²) >= 11 is 6.48. The second-order valence-electron chi connectivity index (χ2n) is 7.86. The summed E-state index contributed by atoms with van der Waals surface area (Å²) in [6.45, 7) is 0. The van der Waals surface area contributed by atoms with Crippen molar-refractivity contribution in [3.63, 3.8) is 0 Å². The summed E-state index contributed by atoms with van der Waals surface area (Å²) in [5.74, 6) is -0.0798. The van der Waals surface area contributed by atoms with Crippen molar-refractivity contribution in [2.75, 3.05) is 10.0 Å². The average Bonchev–Trinajstić information content (AvgIpc) is 3.25. The van der Waals surface area contributed by atoms with Crippen LogP contribution in [-0.4, -0.2) is 8.42 Å². The van der Waals surface area contributed by atoms with Crippen molar-refractivity contribution in [1.82, 2.24) is 0 Å². The molecule has 0 amide bonds. The van der Waals surface area contributed by atoms with Crippen LogP contribution in [0.4, 0.5) is 15.8 Å². The van der Waals surface area contributed by atoms with Crippen LogP contribution in [0.3, 0.4) is 0 Å². The Morgan fingerprint density at radius 1 is 1.00 bits per heavy atom. The Labute approximate surface area is 185 Å². The molecule has 1 aliphatic carbocycles. The van der Waals surface area contributed by atoms with Gasteiger partial charge in [0.2, 0.25) is 0 Å². The maximum absolute atomic E-state index is 13.1. The van der Waals surface area contributed by atoms with E-state index in [1.807, 2.05) is 24.3 Å². The molecule has 0 aromatic heterocycles. The quantitative estimate of drug-likeness (QED) is 0.468. The highest BCUT2D eigenvalue weighted by atomic mass is 35.5. The second kappa shape index (κ2) is 7.70. The lowest BCUT2D eigenvalue weighted by Gasteiger charge is -2.38. The van der Waals surface area contributed by atoms with Gasteiger partial charge in [0.05, 0.1) is 10.9 Å². The van der Waals surface area contributed by atoms with Gasteiger partial charge in [0, 0.05) is 22.3 Å². The molecule has 0 bridgehead atoms. The number of allylic oxidation sites excluding steroid dienone is 2. The third-order valence-electron chi connectivity index (χ3n) is 5.98. The van der Waals surface area contributed by atoms with E-state index in [9.17, 15) is 12.8 Å². The summed E-state index contributed by atoms with van der Waals surface area (Å²) in [6.07, 6.45) is 5.18. The maximum Gasteiger partial charge on any atom is 0.261 e. The summed E-state index contributed by atoms with van der Waals surface area (Å²) in [5.41, 5.74) is 3.21. The van der Waals surface area contributed by atoms with Gasteiger partial charge in [-0.05, 0) is 72.0 Å². The van der Waals surface area contributed by atoms with Crippen LogP contribution >= 0.6 is 11.6 Å². The summed E-state index contributed by atoms with van der Waals surface area (Å²) in [4.78, 5) is 0.174. The third kappa shape index (κ3) is 3.70. The molecule has 158 valence electrons. The van der Waals surface area contributed by atoms with Gasteiger partial charge in [-0.2, -0.15) is 0 Å². The van der Waals surface area contributed by atoms with Crippen LogP contribution in [0.2, 0.25) is 5.02 Å². The minimum Gasteiger partial charge on any atom is -0.378 e. The molecule has 1 heterocycles. The fourth-order valence-corrected chi connectivity index (χ4v) is 5.85. The largest absolute Gasteiger partial charge is 0.378 e. The first-order valence-corrected chi connectivity index (χ1v) is 11.9. The number of fused-ring (bicyclic) bond motifs is 3. The normalized spacial score (nSPS) is 21.8. The molecule has 3 aromatic carbocycles. The fraction of sp³-hybridized carbons (Fsp3) is 0.167. The molecule has 5 rings (SSSR count). The summed E-state index contributed by atoms with van der Waals surface area (Å²) in [5, 5.41) is 4.30. The molecule has 3 atom stereocenters. The Morgan fingerprint density at radius 2 is 1.77 bits per heavy atom. The topological polar surface area (TPSA) is 58.2 Å². The molecule has 2 aliphatic rings. The zero-order valence-electron chi connectivity index (χ0n) is 16.4. The van der Waals surface area contributed by atoms with Crippen LogP contribution in [0, 0.1) is 11.7 Å². The van der Waals surface area contributed by atoms with Gasteiger partial charge < -0.3 is 5.32 Å². The number of nitrogens with one attached hydrogen (secondary N) is 2. The van der Waals surface area contributed by atoms with Crippen molar-refractivity contribution < 1.29 is 12.8 Å². The molecule has 2 N–H and O–H groups in total. The first-order valence-electron chi connectivity index (χ1n) is 10.0. The predicted octanol–water partition coefficient (Wildman–Crippen LogP) is 6.11. The van der Waals surface area contributed by atoms with Gasteiger partial charge >= 0.3 is 0 Å². The molecule has 4 nitrogen and oxygen atoms in total. The smallest absolute Gasteiger partial charge is 0.261 e. The Morgan fingerprint density at radius 3 is 2.55 bits per heavy atom. The van der Waals surface area contributed by atoms with Gasteiger partial charge in [0.1, 0.15) is 5.82 Å². The first kappa shape index (κ1) is 20.1. The molecule has 7 heteroatoms. The summed E-state index contributed by atoms with van der Waals surface area (Å²) in [6, 6.07) is 18.2. The van der Waals surface area contributed by atoms with Crippen molar-refractivity contribution in [2.45, 2.75) is 23.3 Å². The lowest BCUT2D eigenvalue weighted by atomic mass is 9.77. The lowest BCUT2D eigenvalue weighted by Crippen LogP contribution is -2.29. The number of hydrogen-bond acceptors (Lipinski definition) is 3. The molecule has 31 heavy (non-hydrogen) atoms. The van der Waals surface area contributed by atoms with Gasteiger partial charge in [-0.15, -0.1) is 0 Å². The van der Waals surface area contributed by atoms with E-state index in [0.29, 0.717) is 5.69 Å². The Bertz CT molecular complexity index is 1270. The van der Waals surface area contributed by atoms with Crippen molar-refractivity contribution in [2.24, 2.45) is 5.92 Å². The maximum atomic E-state index is 13.1. The summed E-state index contributed by atoms with van der Waals surface area (Å²) in [7, 11) is -3.81. The molecule has 0 unspecified atom stereocenters. The van der Waals surface area contributed by atoms with Crippen LogP contribution in [0.25, 0.3) is 0 Å². The van der Waals surface area contributed by atoms with E-state index >= 15 is 0 Å². The molecule has 0 saturated carbocycles. The number of halogens is 2. The van der Waals surface area contributed by atoms with Crippen LogP contribution in [0.1, 0.15) is 29.5 Å². The molecule has 0 fully saturated rings. The Kier molecular flexibility index (Phi) is 4.99. The van der Waals surface area contributed by atoms with Crippen LogP contribution in [-0.2, 0) is 10.0 Å². The van der Waals surface area contributed by atoms with Gasteiger partial charge in [-0.1, -0.05) is 42.0 Å².